The van der Waals surface area contributed by atoms with Crippen LogP contribution >= 0.6 is 0 Å². The van der Waals surface area contributed by atoms with Crippen molar-refractivity contribution >= 4 is 5.91 Å². The summed E-state index contributed by atoms with van der Waals surface area (Å²) < 4.78 is 0. The Bertz CT molecular complexity index is 337. The fraction of sp³-hybridized carbons (Fsp3) is 0.545. The Balaban J connectivity index is 1.87. The van der Waals surface area contributed by atoms with Crippen molar-refractivity contribution < 1.29 is 4.79 Å². The van der Waals surface area contributed by atoms with Gasteiger partial charge in [0, 0.05) is 12.0 Å². The van der Waals surface area contributed by atoms with E-state index in [1.165, 1.54) is 0 Å². The van der Waals surface area contributed by atoms with Crippen LogP contribution < -0.4 is 5.32 Å². The molecule has 2 heteroatoms. The molecule has 5 aliphatic rings. The molecule has 0 aromatic carbocycles. The zero-order valence-corrected chi connectivity index (χ0v) is 7.18. The normalized spacial score (nSPS) is 58.9. The number of carbonyl (C=O) groups is 1. The van der Waals surface area contributed by atoms with Gasteiger partial charge in [0.15, 0.2) is 0 Å². The second-order valence-electron chi connectivity index (χ2n) is 4.64. The van der Waals surface area contributed by atoms with Crippen molar-refractivity contribution in [2.45, 2.75) is 6.04 Å². The van der Waals surface area contributed by atoms with Crippen LogP contribution in [0.3, 0.4) is 0 Å². The molecule has 1 saturated carbocycles. The van der Waals surface area contributed by atoms with Crippen molar-refractivity contribution in [2.24, 2.45) is 29.6 Å². The highest BCUT2D eigenvalue weighted by Crippen LogP contribution is 2.58. The van der Waals surface area contributed by atoms with Crippen molar-refractivity contribution in [3.8, 4) is 0 Å². The topological polar surface area (TPSA) is 29.1 Å². The molecule has 1 saturated heterocycles. The molecule has 4 bridgehead atoms. The van der Waals surface area contributed by atoms with Gasteiger partial charge in [0.1, 0.15) is 0 Å². The van der Waals surface area contributed by atoms with Crippen LogP contribution in [0.1, 0.15) is 0 Å². The highest BCUT2D eigenvalue weighted by Gasteiger charge is 2.62. The molecule has 1 heterocycles. The standard InChI is InChI=1S/C11H11NO/c13-11-8-5-1-3-6-7(4-2-5)9(6)10(8)12-11/h1-10H,(H,12,13)/t5?,6-,7-,8+,9?,10-/m0/s1. The van der Waals surface area contributed by atoms with Crippen molar-refractivity contribution in [1.29, 1.82) is 0 Å². The predicted octanol–water partition coefficient (Wildman–Crippen LogP) is 0.719. The van der Waals surface area contributed by atoms with Gasteiger partial charge in [-0.3, -0.25) is 4.79 Å². The molecule has 5 rings (SSSR count). The average Bonchev–Trinajstić information content (AvgIpc) is 2.79. The molecular formula is C11H11NO. The van der Waals surface area contributed by atoms with Crippen LogP contribution in [0.2, 0.25) is 0 Å². The molecule has 13 heavy (non-hydrogen) atoms. The third kappa shape index (κ3) is 0.578. The van der Waals surface area contributed by atoms with Gasteiger partial charge in [0.05, 0.1) is 5.92 Å². The molecule has 2 fully saturated rings. The van der Waals surface area contributed by atoms with E-state index in [1.54, 1.807) is 0 Å². The largest absolute Gasteiger partial charge is 0.352 e. The van der Waals surface area contributed by atoms with E-state index in [9.17, 15) is 4.79 Å². The molecule has 0 aromatic rings. The van der Waals surface area contributed by atoms with Crippen molar-refractivity contribution in [2.75, 3.05) is 0 Å². The van der Waals surface area contributed by atoms with E-state index < -0.39 is 0 Å². The van der Waals surface area contributed by atoms with E-state index in [0.717, 1.165) is 17.8 Å². The summed E-state index contributed by atoms with van der Waals surface area (Å²) in [6, 6.07) is 0.484. The van der Waals surface area contributed by atoms with Gasteiger partial charge < -0.3 is 5.32 Å². The Hall–Kier alpha value is -1.05. The highest BCUT2D eigenvalue weighted by molar-refractivity contribution is 5.87. The van der Waals surface area contributed by atoms with Gasteiger partial charge in [-0.1, -0.05) is 24.3 Å². The van der Waals surface area contributed by atoms with E-state index in [-0.39, 0.29) is 11.8 Å². The third-order valence-electron chi connectivity index (χ3n) is 4.13. The first-order chi connectivity index (χ1) is 6.36. The lowest BCUT2D eigenvalue weighted by Crippen LogP contribution is -2.61. The summed E-state index contributed by atoms with van der Waals surface area (Å²) in [5.74, 6) is 3.10. The first-order valence-corrected chi connectivity index (χ1v) is 5.03. The fourth-order valence-electron chi connectivity index (χ4n) is 3.36. The molecule has 1 aliphatic heterocycles. The maximum Gasteiger partial charge on any atom is 0.226 e. The third-order valence-corrected chi connectivity index (χ3v) is 4.13. The molecule has 0 unspecified atom stereocenters. The highest BCUT2D eigenvalue weighted by atomic mass is 16.2. The van der Waals surface area contributed by atoms with E-state index in [0.29, 0.717) is 12.0 Å². The van der Waals surface area contributed by atoms with Crippen LogP contribution in [-0.4, -0.2) is 11.9 Å². The summed E-state index contributed by atoms with van der Waals surface area (Å²) in [7, 11) is 0. The molecule has 66 valence electrons. The summed E-state index contributed by atoms with van der Waals surface area (Å²) in [6.07, 6.45) is 9.13. The van der Waals surface area contributed by atoms with Gasteiger partial charge in [-0.05, 0) is 17.8 Å². The summed E-state index contributed by atoms with van der Waals surface area (Å²) >= 11 is 0. The first kappa shape index (κ1) is 6.41. The Morgan fingerprint density at radius 3 is 2.38 bits per heavy atom. The molecule has 2 nitrogen and oxygen atoms in total. The van der Waals surface area contributed by atoms with E-state index in [2.05, 4.69) is 29.6 Å². The minimum atomic E-state index is 0.259. The van der Waals surface area contributed by atoms with Crippen LogP contribution in [0.5, 0.6) is 0 Å². The molecule has 0 aromatic heterocycles. The number of rotatable bonds is 0. The molecule has 4 atom stereocenters. The maximum absolute atomic E-state index is 11.4. The lowest BCUT2D eigenvalue weighted by atomic mass is 9.78. The monoisotopic (exact) mass is 173 g/mol. The number of amides is 1. The maximum atomic E-state index is 11.4. The van der Waals surface area contributed by atoms with Crippen molar-refractivity contribution in [1.82, 2.24) is 5.32 Å². The van der Waals surface area contributed by atoms with Gasteiger partial charge in [-0.15, -0.1) is 0 Å². The van der Waals surface area contributed by atoms with Crippen LogP contribution in [0, 0.1) is 29.6 Å². The molecule has 1 amide bonds. The van der Waals surface area contributed by atoms with Crippen LogP contribution in [0.25, 0.3) is 0 Å². The molecule has 0 radical (unpaired) electrons. The number of allylic oxidation sites excluding steroid dienone is 4. The summed E-state index contributed by atoms with van der Waals surface area (Å²) in [4.78, 5) is 11.4. The number of nitrogens with one attached hydrogen (secondary N) is 1. The quantitative estimate of drug-likeness (QED) is 0.424. The summed E-state index contributed by atoms with van der Waals surface area (Å²) in [5, 5.41) is 3.06. The zero-order chi connectivity index (χ0) is 8.58. The Morgan fingerprint density at radius 2 is 1.77 bits per heavy atom. The fourth-order valence-corrected chi connectivity index (χ4v) is 3.36. The first-order valence-electron chi connectivity index (χ1n) is 5.03. The van der Waals surface area contributed by atoms with Crippen LogP contribution in [0.4, 0.5) is 0 Å². The van der Waals surface area contributed by atoms with Gasteiger partial charge >= 0.3 is 0 Å². The number of β-lactam (4-membered cyclic amide) rings is 1. The van der Waals surface area contributed by atoms with Crippen molar-refractivity contribution in [3.05, 3.63) is 24.3 Å². The molecule has 0 spiro atoms. The lowest BCUT2D eigenvalue weighted by molar-refractivity contribution is -0.136. The number of carbonyl (C=O) groups excluding carboxylic acids is 1. The lowest BCUT2D eigenvalue weighted by Gasteiger charge is -2.39. The molecule has 1 N–H and O–H groups in total. The molecular weight excluding hydrogens is 162 g/mol. The summed E-state index contributed by atoms with van der Waals surface area (Å²) in [6.45, 7) is 0. The second-order valence-corrected chi connectivity index (χ2v) is 4.64. The second kappa shape index (κ2) is 1.74. The smallest absolute Gasteiger partial charge is 0.226 e. The van der Waals surface area contributed by atoms with E-state index >= 15 is 0 Å². The predicted molar refractivity (Wildman–Crippen MR) is 47.7 cm³/mol. The Labute approximate surface area is 76.7 Å². The minimum Gasteiger partial charge on any atom is -0.352 e. The number of hydrogen-bond acceptors (Lipinski definition) is 1. The number of hydrogen-bond donors (Lipinski definition) is 1. The van der Waals surface area contributed by atoms with Crippen molar-refractivity contribution in [3.63, 3.8) is 0 Å². The Kier molecular flexibility index (Phi) is 0.859. The van der Waals surface area contributed by atoms with E-state index in [4.69, 9.17) is 0 Å². The summed E-state index contributed by atoms with van der Waals surface area (Å²) in [5.41, 5.74) is 0. The minimum absolute atomic E-state index is 0.259. The molecule has 4 aliphatic carbocycles. The van der Waals surface area contributed by atoms with Gasteiger partial charge in [0.2, 0.25) is 5.91 Å². The van der Waals surface area contributed by atoms with Crippen LogP contribution in [-0.2, 0) is 4.79 Å². The SMILES string of the molecule is O=C1N[C@@H]2C3[C@H]4C=CC(C=C[C@H]34)[C@@H]12. The van der Waals surface area contributed by atoms with Gasteiger partial charge in [-0.25, -0.2) is 0 Å². The van der Waals surface area contributed by atoms with E-state index in [1.807, 2.05) is 0 Å². The van der Waals surface area contributed by atoms with Crippen LogP contribution in [0.15, 0.2) is 24.3 Å². The Morgan fingerprint density at radius 1 is 1.08 bits per heavy atom. The van der Waals surface area contributed by atoms with Gasteiger partial charge in [-0.2, -0.15) is 0 Å². The van der Waals surface area contributed by atoms with Gasteiger partial charge in [0.25, 0.3) is 0 Å². The average molecular weight is 173 g/mol. The zero-order valence-electron chi connectivity index (χ0n) is 7.18.